The molecule has 0 radical (unpaired) electrons. The van der Waals surface area contributed by atoms with Gasteiger partial charge in [0.05, 0.1) is 38.6 Å². The summed E-state index contributed by atoms with van der Waals surface area (Å²) in [5.41, 5.74) is 0. The Balaban J connectivity index is 1.63. The van der Waals surface area contributed by atoms with Crippen molar-refractivity contribution < 1.29 is 93.8 Å². The largest absolute Gasteiger partial charge is 0.394 e. The molecule has 4 aliphatic rings. The van der Waals surface area contributed by atoms with Crippen LogP contribution in [0.25, 0.3) is 0 Å². The highest BCUT2D eigenvalue weighted by Gasteiger charge is 2.54. The van der Waals surface area contributed by atoms with Crippen LogP contribution in [0.3, 0.4) is 0 Å². The Hall–Kier alpha value is -1.74. The molecular weight excluding hydrogens is 668 g/mol. The SMILES string of the molecule is CC(=O)N[C@H]1[C@H](O[C@H]2[C@H](O[C@@H]3O[C@@H](C)[C@@H](O)[C@@H](O)[C@@H]3O)[C@@H](NC(C)=O)CO[C@@H]2CO)O[C@H](CO)[C@@H](O[C@@H]2O[C@H](CO)[C@@H](O)[C@H](O)[C@@H]2O)[C@@H]1O. The van der Waals surface area contributed by atoms with E-state index in [1.54, 1.807) is 0 Å². The topological polar surface area (TPSA) is 325 Å². The van der Waals surface area contributed by atoms with Crippen LogP contribution in [0.15, 0.2) is 0 Å². The maximum absolute atomic E-state index is 12.3. The Morgan fingerprint density at radius 1 is 0.592 bits per heavy atom. The van der Waals surface area contributed by atoms with Crippen LogP contribution in [0.1, 0.15) is 20.8 Å². The average molecular weight is 717 g/mol. The molecule has 2 amide bonds. The van der Waals surface area contributed by atoms with E-state index in [0.717, 1.165) is 6.92 Å². The highest BCUT2D eigenvalue weighted by molar-refractivity contribution is 5.73. The van der Waals surface area contributed by atoms with Gasteiger partial charge in [-0.2, -0.15) is 0 Å². The van der Waals surface area contributed by atoms with Crippen molar-refractivity contribution in [2.75, 3.05) is 26.4 Å². The van der Waals surface area contributed by atoms with Gasteiger partial charge in [0.25, 0.3) is 0 Å². The second kappa shape index (κ2) is 17.2. The molecule has 4 heterocycles. The molecule has 4 fully saturated rings. The van der Waals surface area contributed by atoms with E-state index >= 15 is 0 Å². The number of carbonyl (C=O) groups excluding carboxylic acids is 2. The molecule has 19 atom stereocenters. The van der Waals surface area contributed by atoms with E-state index in [2.05, 4.69) is 10.6 Å². The Bertz CT molecular complexity index is 1090. The van der Waals surface area contributed by atoms with Gasteiger partial charge in [0.15, 0.2) is 18.9 Å². The van der Waals surface area contributed by atoms with Gasteiger partial charge < -0.3 is 94.9 Å². The van der Waals surface area contributed by atoms with Crippen LogP contribution in [0.4, 0.5) is 0 Å². The first-order chi connectivity index (χ1) is 23.1. The molecule has 0 aromatic heterocycles. The predicted molar refractivity (Wildman–Crippen MR) is 155 cm³/mol. The minimum atomic E-state index is -1.88. The molecule has 21 heteroatoms. The standard InChI is InChI=1S/C28H48N2O19/c1-8-16(36)19(39)21(41)27(44-8)47-23-11(29-9(2)34)7-43-13(5-32)25(23)49-26-15(30-10(3)35)18(38)24(14(6-33)46-26)48-28-22(42)20(40)17(37)12(4-31)45-28/h8,11-28,31-33,36-42H,4-7H2,1-3H3,(H,29,34)(H,30,35)/t8-,11-,12+,13+,14+,15+,16+,17+,18+,19+,20-,21-,22-,23+,24+,25+,26-,27-,28-/m0/s1. The first-order valence-electron chi connectivity index (χ1n) is 15.8. The molecule has 0 saturated carbocycles. The molecule has 4 aliphatic heterocycles. The summed E-state index contributed by atoms with van der Waals surface area (Å²) in [6.07, 6.45) is -26.7. The van der Waals surface area contributed by atoms with Crippen LogP contribution >= 0.6 is 0 Å². The Morgan fingerprint density at radius 2 is 1.10 bits per heavy atom. The third-order valence-corrected chi connectivity index (χ3v) is 8.90. The molecule has 0 spiro atoms. The quantitative estimate of drug-likeness (QED) is 0.0944. The first kappa shape index (κ1) is 40.0. The fourth-order valence-corrected chi connectivity index (χ4v) is 6.25. The van der Waals surface area contributed by atoms with Gasteiger partial charge in [-0.05, 0) is 6.92 Å². The number of nitrogens with one attached hydrogen (secondary N) is 2. The molecule has 12 N–H and O–H groups in total. The number of hydrogen-bond acceptors (Lipinski definition) is 19. The smallest absolute Gasteiger partial charge is 0.217 e. The third kappa shape index (κ3) is 8.84. The fraction of sp³-hybridized carbons (Fsp3) is 0.929. The summed E-state index contributed by atoms with van der Waals surface area (Å²) >= 11 is 0. The average Bonchev–Trinajstić information content (AvgIpc) is 3.06. The lowest BCUT2D eigenvalue weighted by atomic mass is 9.94. The molecule has 0 aliphatic carbocycles. The number of rotatable bonds is 11. The third-order valence-electron chi connectivity index (χ3n) is 8.90. The Morgan fingerprint density at radius 3 is 1.67 bits per heavy atom. The van der Waals surface area contributed by atoms with Gasteiger partial charge >= 0.3 is 0 Å². The molecule has 4 saturated heterocycles. The number of amides is 2. The predicted octanol–water partition coefficient (Wildman–Crippen LogP) is -7.75. The summed E-state index contributed by atoms with van der Waals surface area (Å²) < 4.78 is 40.5. The maximum Gasteiger partial charge on any atom is 0.217 e. The first-order valence-corrected chi connectivity index (χ1v) is 15.8. The van der Waals surface area contributed by atoms with Crippen molar-refractivity contribution in [3.8, 4) is 0 Å². The van der Waals surface area contributed by atoms with Crippen molar-refractivity contribution in [1.82, 2.24) is 10.6 Å². The van der Waals surface area contributed by atoms with Crippen molar-refractivity contribution in [3.63, 3.8) is 0 Å². The van der Waals surface area contributed by atoms with Crippen LogP contribution in [0.5, 0.6) is 0 Å². The Labute approximate surface area is 280 Å². The summed E-state index contributed by atoms with van der Waals surface area (Å²) in [6.45, 7) is 1.16. The minimum absolute atomic E-state index is 0.240. The van der Waals surface area contributed by atoms with Crippen LogP contribution in [-0.4, -0.2) is 206 Å². The molecule has 0 aromatic carbocycles. The number of carbonyl (C=O) groups is 2. The number of hydrogen-bond donors (Lipinski definition) is 12. The van der Waals surface area contributed by atoms with Crippen LogP contribution in [-0.2, 0) is 42.7 Å². The number of aliphatic hydroxyl groups is 10. The van der Waals surface area contributed by atoms with Crippen LogP contribution in [0, 0.1) is 0 Å². The summed E-state index contributed by atoms with van der Waals surface area (Å²) in [5, 5.41) is 109. The Kier molecular flexibility index (Phi) is 14.0. The van der Waals surface area contributed by atoms with E-state index in [-0.39, 0.29) is 6.61 Å². The number of aliphatic hydroxyl groups excluding tert-OH is 10. The highest BCUT2D eigenvalue weighted by atomic mass is 16.8. The van der Waals surface area contributed by atoms with Crippen molar-refractivity contribution in [2.45, 2.75) is 137 Å². The zero-order valence-electron chi connectivity index (χ0n) is 26.9. The second-order valence-electron chi connectivity index (χ2n) is 12.5. The zero-order valence-corrected chi connectivity index (χ0v) is 26.9. The summed E-state index contributed by atoms with van der Waals surface area (Å²) in [4.78, 5) is 24.4. The fourth-order valence-electron chi connectivity index (χ4n) is 6.25. The lowest BCUT2D eigenvalue weighted by Gasteiger charge is -2.50. The molecular formula is C28H48N2O19. The summed E-state index contributed by atoms with van der Waals surface area (Å²) in [6, 6.07) is -2.56. The van der Waals surface area contributed by atoms with Gasteiger partial charge in [-0.3, -0.25) is 9.59 Å². The van der Waals surface area contributed by atoms with E-state index in [0.29, 0.717) is 0 Å². The summed E-state index contributed by atoms with van der Waals surface area (Å²) in [7, 11) is 0. The van der Waals surface area contributed by atoms with Crippen LogP contribution < -0.4 is 10.6 Å². The highest BCUT2D eigenvalue weighted by Crippen LogP contribution is 2.34. The van der Waals surface area contributed by atoms with Gasteiger partial charge in [0, 0.05) is 13.8 Å². The molecule has 0 bridgehead atoms. The van der Waals surface area contributed by atoms with E-state index in [9.17, 15) is 60.7 Å². The van der Waals surface area contributed by atoms with E-state index in [4.69, 9.17) is 33.2 Å². The second-order valence-corrected chi connectivity index (χ2v) is 12.5. The van der Waals surface area contributed by atoms with E-state index < -0.39 is 148 Å². The van der Waals surface area contributed by atoms with Gasteiger partial charge in [0.1, 0.15) is 85.4 Å². The molecule has 21 nitrogen and oxygen atoms in total. The van der Waals surface area contributed by atoms with Gasteiger partial charge in [-0.15, -0.1) is 0 Å². The molecule has 0 aromatic rings. The summed E-state index contributed by atoms with van der Waals surface area (Å²) in [5.74, 6) is -1.23. The van der Waals surface area contributed by atoms with Gasteiger partial charge in [-0.25, -0.2) is 0 Å². The van der Waals surface area contributed by atoms with Crippen molar-refractivity contribution >= 4 is 11.8 Å². The van der Waals surface area contributed by atoms with Crippen LogP contribution in [0.2, 0.25) is 0 Å². The van der Waals surface area contributed by atoms with Gasteiger partial charge in [-0.1, -0.05) is 0 Å². The molecule has 284 valence electrons. The van der Waals surface area contributed by atoms with Gasteiger partial charge in [0.2, 0.25) is 11.8 Å². The monoisotopic (exact) mass is 716 g/mol. The lowest BCUT2D eigenvalue weighted by Crippen LogP contribution is -2.70. The van der Waals surface area contributed by atoms with Crippen molar-refractivity contribution in [3.05, 3.63) is 0 Å². The van der Waals surface area contributed by atoms with E-state index in [1.807, 2.05) is 0 Å². The molecule has 49 heavy (non-hydrogen) atoms. The zero-order chi connectivity index (χ0) is 36.3. The molecule has 0 unspecified atom stereocenters. The lowest BCUT2D eigenvalue weighted by molar-refractivity contribution is -0.364. The van der Waals surface area contributed by atoms with Crippen molar-refractivity contribution in [1.29, 1.82) is 0 Å². The maximum atomic E-state index is 12.3. The molecule has 4 rings (SSSR count). The minimum Gasteiger partial charge on any atom is -0.394 e. The number of ether oxygens (including phenoxy) is 7. The van der Waals surface area contributed by atoms with E-state index in [1.165, 1.54) is 13.8 Å². The normalized spacial score (nSPS) is 47.7. The van der Waals surface area contributed by atoms with Crippen molar-refractivity contribution in [2.24, 2.45) is 0 Å².